The zero-order chi connectivity index (χ0) is 20.5. The van der Waals surface area contributed by atoms with Crippen LogP contribution in [0.4, 0.5) is 0 Å². The molecule has 0 aliphatic heterocycles. The molecule has 0 aliphatic carbocycles. The lowest BCUT2D eigenvalue weighted by Gasteiger charge is -2.23. The number of hydrogen-bond acceptors (Lipinski definition) is 4. The number of aliphatic imine (C=N–C) groups is 1. The second kappa shape index (κ2) is 19.1. The van der Waals surface area contributed by atoms with Crippen molar-refractivity contribution in [2.45, 2.75) is 39.2 Å². The highest BCUT2D eigenvalue weighted by atomic mass is 127. The SMILES string of the molecule is CCCCOCCOCCNC(=NCC(Cc1ccccc1)N(C)C)NCC.I. The van der Waals surface area contributed by atoms with E-state index in [1.54, 1.807) is 0 Å². The zero-order valence-electron chi connectivity index (χ0n) is 18.7. The highest BCUT2D eigenvalue weighted by Gasteiger charge is 2.12. The molecule has 1 unspecified atom stereocenters. The lowest BCUT2D eigenvalue weighted by atomic mass is 10.1. The van der Waals surface area contributed by atoms with E-state index in [-0.39, 0.29) is 24.0 Å². The smallest absolute Gasteiger partial charge is 0.191 e. The van der Waals surface area contributed by atoms with E-state index < -0.39 is 0 Å². The first-order valence-corrected chi connectivity index (χ1v) is 10.5. The Morgan fingerprint density at radius 3 is 2.31 bits per heavy atom. The Morgan fingerprint density at radius 1 is 1.00 bits per heavy atom. The summed E-state index contributed by atoms with van der Waals surface area (Å²) in [6.07, 6.45) is 3.26. The second-order valence-corrected chi connectivity index (χ2v) is 7.03. The van der Waals surface area contributed by atoms with Gasteiger partial charge < -0.3 is 25.0 Å². The number of guanidine groups is 1. The van der Waals surface area contributed by atoms with E-state index in [0.717, 1.165) is 51.5 Å². The van der Waals surface area contributed by atoms with Crippen LogP contribution in [-0.4, -0.2) is 77.1 Å². The molecule has 2 N–H and O–H groups in total. The van der Waals surface area contributed by atoms with Gasteiger partial charge in [-0.25, -0.2) is 0 Å². The third-order valence-corrected chi connectivity index (χ3v) is 4.40. The van der Waals surface area contributed by atoms with E-state index in [1.807, 2.05) is 0 Å². The second-order valence-electron chi connectivity index (χ2n) is 7.03. The molecule has 0 bridgehead atoms. The molecule has 1 aromatic rings. The standard InChI is InChI=1S/C22H40N4O2.HI/c1-5-7-14-27-16-17-28-15-13-24-22(23-6-2)25-19-21(26(3)4)18-20-11-9-8-10-12-20;/h8-12,21H,5-7,13-19H2,1-4H3,(H2,23,24,25);1H. The molecule has 0 spiro atoms. The summed E-state index contributed by atoms with van der Waals surface area (Å²) in [6.45, 7) is 9.32. The highest BCUT2D eigenvalue weighted by molar-refractivity contribution is 14.0. The van der Waals surface area contributed by atoms with Crippen LogP contribution >= 0.6 is 24.0 Å². The Balaban J connectivity index is 0.00000784. The number of benzene rings is 1. The number of halogens is 1. The maximum Gasteiger partial charge on any atom is 0.191 e. The van der Waals surface area contributed by atoms with Crippen molar-refractivity contribution in [3.63, 3.8) is 0 Å². The van der Waals surface area contributed by atoms with Crippen LogP contribution in [0.25, 0.3) is 0 Å². The van der Waals surface area contributed by atoms with Crippen molar-refractivity contribution in [2.24, 2.45) is 4.99 Å². The van der Waals surface area contributed by atoms with E-state index in [2.05, 4.69) is 73.8 Å². The molecule has 6 nitrogen and oxygen atoms in total. The lowest BCUT2D eigenvalue weighted by molar-refractivity contribution is 0.0487. The summed E-state index contributed by atoms with van der Waals surface area (Å²) in [5, 5.41) is 6.65. The summed E-state index contributed by atoms with van der Waals surface area (Å²) in [5.74, 6) is 0.838. The maximum atomic E-state index is 5.61. The molecule has 0 aromatic heterocycles. The van der Waals surface area contributed by atoms with Crippen LogP contribution in [0, 0.1) is 0 Å². The number of ether oxygens (including phenoxy) is 2. The lowest BCUT2D eigenvalue weighted by Crippen LogP contribution is -2.41. The van der Waals surface area contributed by atoms with Gasteiger partial charge in [-0.05, 0) is 39.4 Å². The summed E-state index contributed by atoms with van der Waals surface area (Å²) in [7, 11) is 4.22. The third kappa shape index (κ3) is 14.7. The van der Waals surface area contributed by atoms with Gasteiger partial charge in [-0.1, -0.05) is 43.7 Å². The summed E-state index contributed by atoms with van der Waals surface area (Å²) >= 11 is 0. The molecule has 0 amide bonds. The Hall–Kier alpha value is -0.900. The largest absolute Gasteiger partial charge is 0.379 e. The van der Waals surface area contributed by atoms with E-state index in [0.29, 0.717) is 25.9 Å². The molecular formula is C22H41IN4O2. The minimum Gasteiger partial charge on any atom is -0.379 e. The predicted molar refractivity (Wildman–Crippen MR) is 134 cm³/mol. The monoisotopic (exact) mass is 520 g/mol. The average molecular weight is 521 g/mol. The molecule has 0 saturated carbocycles. The van der Waals surface area contributed by atoms with Crippen LogP contribution in [0.3, 0.4) is 0 Å². The van der Waals surface area contributed by atoms with Gasteiger partial charge in [0.2, 0.25) is 0 Å². The molecule has 0 radical (unpaired) electrons. The van der Waals surface area contributed by atoms with Gasteiger partial charge in [0.1, 0.15) is 0 Å². The maximum absolute atomic E-state index is 5.61. The average Bonchev–Trinajstić information content (AvgIpc) is 2.70. The van der Waals surface area contributed by atoms with Gasteiger partial charge in [-0.2, -0.15) is 0 Å². The van der Waals surface area contributed by atoms with Crippen LogP contribution in [0.2, 0.25) is 0 Å². The van der Waals surface area contributed by atoms with Gasteiger partial charge >= 0.3 is 0 Å². The van der Waals surface area contributed by atoms with Gasteiger partial charge in [-0.15, -0.1) is 24.0 Å². The fourth-order valence-electron chi connectivity index (χ4n) is 2.64. The van der Waals surface area contributed by atoms with Crippen molar-refractivity contribution < 1.29 is 9.47 Å². The predicted octanol–water partition coefficient (Wildman–Crippen LogP) is 3.17. The van der Waals surface area contributed by atoms with E-state index >= 15 is 0 Å². The Morgan fingerprint density at radius 2 is 1.69 bits per heavy atom. The van der Waals surface area contributed by atoms with Crippen molar-refractivity contribution in [1.29, 1.82) is 0 Å². The number of nitrogens with zero attached hydrogens (tertiary/aromatic N) is 2. The van der Waals surface area contributed by atoms with E-state index in [1.165, 1.54) is 5.56 Å². The molecular weight excluding hydrogens is 479 g/mol. The molecule has 29 heavy (non-hydrogen) atoms. The van der Waals surface area contributed by atoms with Crippen molar-refractivity contribution in [2.75, 3.05) is 60.2 Å². The van der Waals surface area contributed by atoms with Gasteiger partial charge in [-0.3, -0.25) is 4.99 Å². The summed E-state index contributed by atoms with van der Waals surface area (Å²) in [6, 6.07) is 10.9. The quantitative estimate of drug-likeness (QED) is 0.161. The normalized spacial score (nSPS) is 12.5. The number of nitrogens with one attached hydrogen (secondary N) is 2. The molecule has 1 rings (SSSR count). The first kappa shape index (κ1) is 28.1. The zero-order valence-corrected chi connectivity index (χ0v) is 21.0. The minimum atomic E-state index is 0. The number of unbranched alkanes of at least 4 members (excludes halogenated alkanes) is 1. The number of hydrogen-bond donors (Lipinski definition) is 2. The first-order valence-electron chi connectivity index (χ1n) is 10.5. The molecule has 0 saturated heterocycles. The Kier molecular flexibility index (Phi) is 18.5. The topological polar surface area (TPSA) is 58.1 Å². The molecule has 0 aliphatic rings. The fourth-order valence-corrected chi connectivity index (χ4v) is 2.64. The Labute approximate surface area is 194 Å². The van der Waals surface area contributed by atoms with Crippen molar-refractivity contribution in [3.05, 3.63) is 35.9 Å². The summed E-state index contributed by atoms with van der Waals surface area (Å²) in [5.41, 5.74) is 1.34. The molecule has 0 fully saturated rings. The van der Waals surface area contributed by atoms with E-state index in [9.17, 15) is 0 Å². The first-order chi connectivity index (χ1) is 13.7. The highest BCUT2D eigenvalue weighted by Crippen LogP contribution is 2.07. The van der Waals surface area contributed by atoms with Crippen LogP contribution in [0.5, 0.6) is 0 Å². The van der Waals surface area contributed by atoms with Crippen molar-refractivity contribution in [3.8, 4) is 0 Å². The number of rotatable bonds is 15. The number of likely N-dealkylation sites (N-methyl/N-ethyl adjacent to an activating group) is 1. The van der Waals surface area contributed by atoms with Crippen molar-refractivity contribution in [1.82, 2.24) is 15.5 Å². The third-order valence-electron chi connectivity index (χ3n) is 4.40. The minimum absolute atomic E-state index is 0. The fraction of sp³-hybridized carbons (Fsp3) is 0.682. The molecule has 1 atom stereocenters. The molecule has 1 aromatic carbocycles. The van der Waals surface area contributed by atoms with Crippen molar-refractivity contribution >= 4 is 29.9 Å². The van der Waals surface area contributed by atoms with Gasteiger partial charge in [0.25, 0.3) is 0 Å². The Bertz CT molecular complexity index is 515. The van der Waals surface area contributed by atoms with Gasteiger partial charge in [0.15, 0.2) is 5.96 Å². The van der Waals surface area contributed by atoms with Crippen LogP contribution in [0.15, 0.2) is 35.3 Å². The van der Waals surface area contributed by atoms with Crippen LogP contribution < -0.4 is 10.6 Å². The van der Waals surface area contributed by atoms with Gasteiger partial charge in [0.05, 0.1) is 26.4 Å². The van der Waals surface area contributed by atoms with Crippen LogP contribution in [0.1, 0.15) is 32.3 Å². The molecule has 168 valence electrons. The van der Waals surface area contributed by atoms with Gasteiger partial charge in [0, 0.05) is 25.7 Å². The van der Waals surface area contributed by atoms with Crippen LogP contribution in [-0.2, 0) is 15.9 Å². The summed E-state index contributed by atoms with van der Waals surface area (Å²) in [4.78, 5) is 7.01. The molecule has 7 heteroatoms. The molecule has 0 heterocycles. The van der Waals surface area contributed by atoms with E-state index in [4.69, 9.17) is 14.5 Å². The summed E-state index contributed by atoms with van der Waals surface area (Å²) < 4.78 is 11.1.